The van der Waals surface area contributed by atoms with Gasteiger partial charge in [0.05, 0.1) is 11.4 Å². The number of nitrogens with zero attached hydrogens (tertiary/aromatic N) is 2. The Morgan fingerprint density at radius 2 is 1.49 bits per heavy atom. The predicted octanol–water partition coefficient (Wildman–Crippen LogP) is 5.17. The van der Waals surface area contributed by atoms with Crippen molar-refractivity contribution in [3.8, 4) is 0 Å². The number of hydrogen-bond acceptors (Lipinski definition) is 4. The summed E-state index contributed by atoms with van der Waals surface area (Å²) in [7, 11) is -2.67. The van der Waals surface area contributed by atoms with Gasteiger partial charge in [-0.2, -0.15) is 4.31 Å². The van der Waals surface area contributed by atoms with Crippen LogP contribution in [0.4, 0.5) is 0 Å². The molecule has 0 spiro atoms. The van der Waals surface area contributed by atoms with Gasteiger partial charge in [0.2, 0.25) is 21.8 Å². The lowest BCUT2D eigenvalue weighted by Gasteiger charge is -2.34. The third-order valence-corrected chi connectivity index (χ3v) is 8.39. The summed E-state index contributed by atoms with van der Waals surface area (Å²) in [6.45, 7) is 5.11. The van der Waals surface area contributed by atoms with E-state index < -0.39 is 34.1 Å². The second-order valence-electron chi connectivity index (χ2n) is 10.3. The molecule has 1 N–H and O–H groups in total. The highest BCUT2D eigenvalue weighted by Gasteiger charge is 2.34. The third-order valence-electron chi connectivity index (χ3n) is 5.95. The monoisotopic (exact) mass is 589 g/mol. The Balaban J connectivity index is 2.00. The lowest BCUT2D eigenvalue weighted by molar-refractivity contribution is -0.141. The molecule has 0 radical (unpaired) electrons. The van der Waals surface area contributed by atoms with Crippen LogP contribution in [0.2, 0.25) is 10.0 Å². The van der Waals surface area contributed by atoms with E-state index in [0.717, 1.165) is 9.87 Å². The number of likely N-dealkylation sites (N-methyl/N-ethyl adjacent to an activating group) is 1. The molecule has 0 aliphatic carbocycles. The van der Waals surface area contributed by atoms with E-state index >= 15 is 0 Å². The largest absolute Gasteiger partial charge is 0.350 e. The number of carbonyl (C=O) groups is 2. The van der Waals surface area contributed by atoms with Gasteiger partial charge in [-0.3, -0.25) is 9.59 Å². The molecule has 2 amide bonds. The van der Waals surface area contributed by atoms with E-state index in [1.807, 2.05) is 51.1 Å². The van der Waals surface area contributed by atoms with Gasteiger partial charge in [-0.15, -0.1) is 0 Å². The molecule has 0 heterocycles. The topological polar surface area (TPSA) is 86.8 Å². The summed E-state index contributed by atoms with van der Waals surface area (Å²) in [5.41, 5.74) is 0.933. The van der Waals surface area contributed by atoms with Crippen LogP contribution < -0.4 is 5.32 Å². The highest BCUT2D eigenvalue weighted by molar-refractivity contribution is 7.89. The fraction of sp³-hybridized carbons (Fsp3) is 0.310. The van der Waals surface area contributed by atoms with Gasteiger partial charge in [-0.1, -0.05) is 71.7 Å². The van der Waals surface area contributed by atoms with E-state index in [-0.39, 0.29) is 23.8 Å². The molecule has 7 nitrogen and oxygen atoms in total. The third kappa shape index (κ3) is 8.54. The summed E-state index contributed by atoms with van der Waals surface area (Å²) in [4.78, 5) is 28.9. The molecule has 0 bridgehead atoms. The number of benzene rings is 3. The first kappa shape index (κ1) is 30.6. The number of amides is 2. The minimum atomic E-state index is -4.00. The van der Waals surface area contributed by atoms with Gasteiger partial charge < -0.3 is 10.2 Å². The molecule has 0 saturated carbocycles. The zero-order valence-corrected chi connectivity index (χ0v) is 24.7. The maximum absolute atomic E-state index is 13.9. The first-order chi connectivity index (χ1) is 18.3. The highest BCUT2D eigenvalue weighted by atomic mass is 35.5. The average molecular weight is 591 g/mol. The Bertz CT molecular complexity index is 1390. The van der Waals surface area contributed by atoms with Crippen molar-refractivity contribution in [3.05, 3.63) is 100 Å². The normalized spacial score (nSPS) is 12.7. The van der Waals surface area contributed by atoms with E-state index in [1.165, 1.54) is 36.2 Å². The zero-order valence-electron chi connectivity index (χ0n) is 22.4. The summed E-state index contributed by atoms with van der Waals surface area (Å²) in [6.07, 6.45) is 0.229. The molecule has 0 aliphatic rings. The summed E-state index contributed by atoms with van der Waals surface area (Å²) in [5, 5.41) is 3.81. The maximum Gasteiger partial charge on any atom is 0.243 e. The maximum atomic E-state index is 13.9. The van der Waals surface area contributed by atoms with Crippen molar-refractivity contribution >= 4 is 45.0 Å². The van der Waals surface area contributed by atoms with Crippen LogP contribution >= 0.6 is 23.2 Å². The molecule has 3 aromatic rings. The van der Waals surface area contributed by atoms with Crippen molar-refractivity contribution in [2.75, 3.05) is 13.6 Å². The fourth-order valence-electron chi connectivity index (χ4n) is 3.97. The molecule has 0 aromatic heterocycles. The Kier molecular flexibility index (Phi) is 10.2. The number of rotatable bonds is 10. The van der Waals surface area contributed by atoms with Crippen LogP contribution in [0.15, 0.2) is 83.8 Å². The van der Waals surface area contributed by atoms with Crippen molar-refractivity contribution in [2.24, 2.45) is 0 Å². The van der Waals surface area contributed by atoms with E-state index in [1.54, 1.807) is 24.3 Å². The van der Waals surface area contributed by atoms with Crippen molar-refractivity contribution < 1.29 is 18.0 Å². The van der Waals surface area contributed by atoms with Gasteiger partial charge in [0.25, 0.3) is 0 Å². The second-order valence-corrected chi connectivity index (χ2v) is 13.2. The molecule has 0 fully saturated rings. The number of nitrogens with one attached hydrogen (secondary N) is 1. The smallest absolute Gasteiger partial charge is 0.243 e. The summed E-state index contributed by atoms with van der Waals surface area (Å²) in [6, 6.07) is 21.2. The van der Waals surface area contributed by atoms with E-state index in [0.29, 0.717) is 15.6 Å². The van der Waals surface area contributed by atoms with Gasteiger partial charge in [0.1, 0.15) is 6.04 Å². The van der Waals surface area contributed by atoms with Gasteiger partial charge in [-0.25, -0.2) is 8.42 Å². The van der Waals surface area contributed by atoms with Gasteiger partial charge >= 0.3 is 0 Å². The Labute approximate surface area is 240 Å². The molecule has 39 heavy (non-hydrogen) atoms. The van der Waals surface area contributed by atoms with Crippen LogP contribution in [-0.4, -0.2) is 54.6 Å². The Morgan fingerprint density at radius 3 is 2.08 bits per heavy atom. The van der Waals surface area contributed by atoms with Crippen LogP contribution in [0.25, 0.3) is 0 Å². The molecular formula is C29H33Cl2N3O4S. The minimum Gasteiger partial charge on any atom is -0.350 e. The fourth-order valence-corrected chi connectivity index (χ4v) is 5.41. The van der Waals surface area contributed by atoms with Crippen LogP contribution in [0.5, 0.6) is 0 Å². The molecule has 3 aromatic carbocycles. The summed E-state index contributed by atoms with van der Waals surface area (Å²) < 4.78 is 27.4. The summed E-state index contributed by atoms with van der Waals surface area (Å²) in [5.74, 6) is -0.894. The lowest BCUT2D eigenvalue weighted by Crippen LogP contribution is -2.56. The molecule has 0 unspecified atom stereocenters. The Hall–Kier alpha value is -2.91. The molecule has 0 aliphatic heterocycles. The van der Waals surface area contributed by atoms with E-state index in [9.17, 15) is 18.0 Å². The van der Waals surface area contributed by atoms with E-state index in [2.05, 4.69) is 5.32 Å². The average Bonchev–Trinajstić information content (AvgIpc) is 2.87. The summed E-state index contributed by atoms with van der Waals surface area (Å²) >= 11 is 12.4. The predicted molar refractivity (Wildman–Crippen MR) is 155 cm³/mol. The number of halogens is 2. The van der Waals surface area contributed by atoms with Gasteiger partial charge in [0, 0.05) is 35.6 Å². The van der Waals surface area contributed by atoms with Gasteiger partial charge in [-0.05, 0) is 62.2 Å². The molecule has 10 heteroatoms. The Morgan fingerprint density at radius 1 is 0.897 bits per heavy atom. The van der Waals surface area contributed by atoms with Crippen LogP contribution in [-0.2, 0) is 32.6 Å². The highest BCUT2D eigenvalue weighted by Crippen LogP contribution is 2.22. The first-order valence-corrected chi connectivity index (χ1v) is 14.6. The van der Waals surface area contributed by atoms with E-state index in [4.69, 9.17) is 23.2 Å². The number of hydrogen-bond donors (Lipinski definition) is 1. The SMILES string of the molecule is CN(CC(=O)N(Cc1ccccc1Cl)[C@H](Cc1ccccc1)C(=O)NC(C)(C)C)S(=O)(=O)c1ccc(Cl)cc1. The molecular weight excluding hydrogens is 557 g/mol. The molecule has 1 atom stereocenters. The molecule has 0 saturated heterocycles. The standard InChI is InChI=1S/C29H33Cl2N3O4S/c1-29(2,3)32-28(36)26(18-21-10-6-5-7-11-21)34(19-22-12-8-9-13-25(22)31)27(35)20-33(4)39(37,38)24-16-14-23(30)15-17-24/h5-17,26H,18-20H2,1-4H3,(H,32,36)/t26-/m1/s1. The van der Waals surface area contributed by atoms with Crippen LogP contribution in [0, 0.1) is 0 Å². The van der Waals surface area contributed by atoms with Crippen molar-refractivity contribution in [3.63, 3.8) is 0 Å². The van der Waals surface area contributed by atoms with Crippen LogP contribution in [0.1, 0.15) is 31.9 Å². The minimum absolute atomic E-state index is 0.00571. The lowest BCUT2D eigenvalue weighted by atomic mass is 10.0. The zero-order chi connectivity index (χ0) is 28.8. The van der Waals surface area contributed by atoms with Crippen molar-refractivity contribution in [1.29, 1.82) is 0 Å². The van der Waals surface area contributed by atoms with Crippen LogP contribution in [0.3, 0.4) is 0 Å². The molecule has 208 valence electrons. The number of sulfonamides is 1. The second kappa shape index (κ2) is 13.0. The number of carbonyl (C=O) groups excluding carboxylic acids is 2. The first-order valence-electron chi connectivity index (χ1n) is 12.4. The van der Waals surface area contributed by atoms with Gasteiger partial charge in [0.15, 0.2) is 0 Å². The van der Waals surface area contributed by atoms with Crippen molar-refractivity contribution in [1.82, 2.24) is 14.5 Å². The van der Waals surface area contributed by atoms with Crippen molar-refractivity contribution in [2.45, 2.75) is 50.2 Å². The quantitative estimate of drug-likeness (QED) is 0.353. The molecule has 3 rings (SSSR count).